The molecule has 110 valence electrons. The largest absolute Gasteiger partial charge is 0.508 e. The SMILES string of the molecule is C[C@@H]1[C@H]2Cc3ccc(O)cc3[C@]1(C)CCN2C[C@@H](C)O. The summed E-state index contributed by atoms with van der Waals surface area (Å²) in [5.41, 5.74) is 2.84. The molecule has 1 heterocycles. The number of aliphatic hydroxyl groups excluding tert-OH is 1. The molecule has 2 bridgehead atoms. The first-order valence-electron chi connectivity index (χ1n) is 7.66. The van der Waals surface area contributed by atoms with Crippen LogP contribution in [0.25, 0.3) is 0 Å². The highest BCUT2D eigenvalue weighted by molar-refractivity contribution is 5.44. The van der Waals surface area contributed by atoms with Crippen molar-refractivity contribution in [3.05, 3.63) is 29.3 Å². The number of nitrogens with zero attached hydrogens (tertiary/aromatic N) is 1. The molecule has 0 radical (unpaired) electrons. The third-order valence-corrected chi connectivity index (χ3v) is 5.61. The lowest BCUT2D eigenvalue weighted by Gasteiger charge is -2.54. The topological polar surface area (TPSA) is 43.7 Å². The Balaban J connectivity index is 1.99. The van der Waals surface area contributed by atoms with Crippen molar-refractivity contribution in [2.75, 3.05) is 13.1 Å². The summed E-state index contributed by atoms with van der Waals surface area (Å²) >= 11 is 0. The molecule has 1 fully saturated rings. The van der Waals surface area contributed by atoms with Crippen LogP contribution in [0.15, 0.2) is 18.2 Å². The van der Waals surface area contributed by atoms with E-state index in [-0.39, 0.29) is 11.5 Å². The van der Waals surface area contributed by atoms with Crippen LogP contribution < -0.4 is 0 Å². The van der Waals surface area contributed by atoms with Crippen molar-refractivity contribution in [1.29, 1.82) is 0 Å². The summed E-state index contributed by atoms with van der Waals surface area (Å²) in [5, 5.41) is 19.5. The quantitative estimate of drug-likeness (QED) is 0.870. The van der Waals surface area contributed by atoms with E-state index in [4.69, 9.17) is 0 Å². The van der Waals surface area contributed by atoms with Gasteiger partial charge in [0.1, 0.15) is 5.75 Å². The Labute approximate surface area is 121 Å². The number of fused-ring (bicyclic) bond motifs is 4. The third kappa shape index (κ3) is 2.04. The minimum Gasteiger partial charge on any atom is -0.508 e. The predicted octanol–water partition coefficient (Wildman–Crippen LogP) is 2.30. The Morgan fingerprint density at radius 3 is 2.90 bits per heavy atom. The van der Waals surface area contributed by atoms with Crippen molar-refractivity contribution < 1.29 is 10.2 Å². The first-order chi connectivity index (χ1) is 9.41. The van der Waals surface area contributed by atoms with Crippen LogP contribution in [-0.4, -0.2) is 40.3 Å². The molecule has 2 N–H and O–H groups in total. The second-order valence-corrected chi connectivity index (χ2v) is 6.91. The zero-order valence-electron chi connectivity index (χ0n) is 12.6. The molecule has 0 spiro atoms. The van der Waals surface area contributed by atoms with Crippen LogP contribution in [0, 0.1) is 5.92 Å². The number of benzene rings is 1. The lowest BCUT2D eigenvalue weighted by atomic mass is 9.59. The van der Waals surface area contributed by atoms with Crippen LogP contribution in [0.1, 0.15) is 38.3 Å². The van der Waals surface area contributed by atoms with Crippen molar-refractivity contribution in [1.82, 2.24) is 4.90 Å². The molecule has 3 nitrogen and oxygen atoms in total. The van der Waals surface area contributed by atoms with Crippen molar-refractivity contribution in [3.63, 3.8) is 0 Å². The zero-order chi connectivity index (χ0) is 14.5. The number of phenolic OH excluding ortho intramolecular Hbond substituents is 1. The molecular formula is C17H25NO2. The molecule has 1 saturated heterocycles. The third-order valence-electron chi connectivity index (χ3n) is 5.61. The number of hydrogen-bond donors (Lipinski definition) is 2. The molecule has 1 aromatic carbocycles. The fourth-order valence-corrected chi connectivity index (χ4v) is 4.26. The van der Waals surface area contributed by atoms with Gasteiger partial charge < -0.3 is 10.2 Å². The molecule has 0 unspecified atom stereocenters. The molecule has 1 aliphatic carbocycles. The van der Waals surface area contributed by atoms with Crippen molar-refractivity contribution >= 4 is 0 Å². The summed E-state index contributed by atoms with van der Waals surface area (Å²) < 4.78 is 0. The number of phenols is 1. The highest BCUT2D eigenvalue weighted by atomic mass is 16.3. The standard InChI is InChI=1S/C17H25NO2/c1-11(19)10-18-7-6-17(3)12(2)16(18)8-13-4-5-14(20)9-15(13)17/h4-5,9,11-12,16,19-20H,6-8,10H2,1-3H3/t11-,12-,16-,17-/m1/s1. The molecule has 0 aromatic heterocycles. The number of hydrogen-bond acceptors (Lipinski definition) is 3. The number of aromatic hydroxyl groups is 1. The van der Waals surface area contributed by atoms with E-state index in [1.165, 1.54) is 11.1 Å². The van der Waals surface area contributed by atoms with Gasteiger partial charge in [0.05, 0.1) is 6.10 Å². The second kappa shape index (κ2) is 4.74. The van der Waals surface area contributed by atoms with E-state index in [0.717, 1.165) is 25.9 Å². The Kier molecular flexibility index (Phi) is 3.30. The average Bonchev–Trinajstić information content (AvgIpc) is 2.38. The number of piperidine rings is 1. The van der Waals surface area contributed by atoms with E-state index in [9.17, 15) is 10.2 Å². The maximum absolute atomic E-state index is 9.81. The summed E-state index contributed by atoms with van der Waals surface area (Å²) in [6, 6.07) is 6.34. The monoisotopic (exact) mass is 275 g/mol. The van der Waals surface area contributed by atoms with Gasteiger partial charge in [0.15, 0.2) is 0 Å². The number of β-amino-alcohol motifs (C(OH)–C–C–N with tert-alkyl or cyclic N) is 1. The molecule has 1 aromatic rings. The minimum absolute atomic E-state index is 0.145. The fraction of sp³-hybridized carbons (Fsp3) is 0.647. The van der Waals surface area contributed by atoms with Crippen molar-refractivity contribution in [2.45, 2.75) is 51.2 Å². The summed E-state index contributed by atoms with van der Waals surface area (Å²) in [5.74, 6) is 0.923. The van der Waals surface area contributed by atoms with Crippen LogP contribution in [0.3, 0.4) is 0 Å². The van der Waals surface area contributed by atoms with Gasteiger partial charge in [-0.15, -0.1) is 0 Å². The summed E-state index contributed by atoms with van der Waals surface area (Å²) in [6.07, 6.45) is 1.85. The predicted molar refractivity (Wildman–Crippen MR) is 80.0 cm³/mol. The van der Waals surface area contributed by atoms with Gasteiger partial charge >= 0.3 is 0 Å². The van der Waals surface area contributed by atoms with Gasteiger partial charge in [0, 0.05) is 12.6 Å². The number of aliphatic hydroxyl groups is 1. The Bertz CT molecular complexity index is 514. The van der Waals surface area contributed by atoms with Gasteiger partial charge in [-0.1, -0.05) is 19.9 Å². The molecule has 4 atom stereocenters. The lowest BCUT2D eigenvalue weighted by molar-refractivity contribution is 0.00490. The molecule has 0 saturated carbocycles. The first kappa shape index (κ1) is 13.9. The smallest absolute Gasteiger partial charge is 0.115 e. The molecule has 3 heteroatoms. The fourth-order valence-electron chi connectivity index (χ4n) is 4.26. The van der Waals surface area contributed by atoms with Crippen LogP contribution in [0.5, 0.6) is 5.75 Å². The Morgan fingerprint density at radius 1 is 1.45 bits per heavy atom. The van der Waals surface area contributed by atoms with Crippen molar-refractivity contribution in [2.24, 2.45) is 5.92 Å². The van der Waals surface area contributed by atoms with Gasteiger partial charge in [0.25, 0.3) is 0 Å². The normalized spacial score (nSPS) is 34.6. The lowest BCUT2D eigenvalue weighted by Crippen LogP contribution is -2.59. The van der Waals surface area contributed by atoms with Crippen LogP contribution in [0.4, 0.5) is 0 Å². The molecule has 1 aliphatic heterocycles. The zero-order valence-corrected chi connectivity index (χ0v) is 12.6. The van der Waals surface area contributed by atoms with E-state index >= 15 is 0 Å². The molecule has 2 aliphatic rings. The second-order valence-electron chi connectivity index (χ2n) is 6.91. The van der Waals surface area contributed by atoms with Gasteiger partial charge in [-0.05, 0) is 60.9 Å². The van der Waals surface area contributed by atoms with E-state index < -0.39 is 0 Å². The highest BCUT2D eigenvalue weighted by Gasteiger charge is 2.48. The van der Waals surface area contributed by atoms with Crippen molar-refractivity contribution in [3.8, 4) is 5.75 Å². The van der Waals surface area contributed by atoms with Gasteiger partial charge in [-0.3, -0.25) is 4.90 Å². The summed E-state index contributed by atoms with van der Waals surface area (Å²) in [4.78, 5) is 2.45. The van der Waals surface area contributed by atoms with Crippen LogP contribution >= 0.6 is 0 Å². The maximum Gasteiger partial charge on any atom is 0.115 e. The minimum atomic E-state index is -0.271. The summed E-state index contributed by atoms with van der Waals surface area (Å²) in [6.45, 7) is 8.32. The molecule has 3 rings (SSSR count). The van der Waals surface area contributed by atoms with Crippen LogP contribution in [0.2, 0.25) is 0 Å². The molecular weight excluding hydrogens is 250 g/mol. The number of rotatable bonds is 2. The molecule has 20 heavy (non-hydrogen) atoms. The van der Waals surface area contributed by atoms with E-state index in [1.807, 2.05) is 13.0 Å². The highest BCUT2D eigenvalue weighted by Crippen LogP contribution is 2.49. The van der Waals surface area contributed by atoms with Crippen LogP contribution in [-0.2, 0) is 11.8 Å². The first-order valence-corrected chi connectivity index (χ1v) is 7.66. The van der Waals surface area contributed by atoms with Gasteiger partial charge in [-0.25, -0.2) is 0 Å². The Hall–Kier alpha value is -1.06. The van der Waals surface area contributed by atoms with E-state index in [1.54, 1.807) is 6.07 Å². The Morgan fingerprint density at radius 2 is 2.20 bits per heavy atom. The average molecular weight is 275 g/mol. The van der Waals surface area contributed by atoms with E-state index in [2.05, 4.69) is 24.8 Å². The summed E-state index contributed by atoms with van der Waals surface area (Å²) in [7, 11) is 0. The molecule has 0 amide bonds. The number of likely N-dealkylation sites (tertiary alicyclic amines) is 1. The van der Waals surface area contributed by atoms with Gasteiger partial charge in [-0.2, -0.15) is 0 Å². The van der Waals surface area contributed by atoms with Gasteiger partial charge in [0.2, 0.25) is 0 Å². The van der Waals surface area contributed by atoms with E-state index in [0.29, 0.717) is 17.7 Å². The maximum atomic E-state index is 9.81.